The second-order valence-electron chi connectivity index (χ2n) is 15.9. The molecule has 0 aliphatic carbocycles. The standard InChI is InChI=1S/C36H33F3N.C13H24O2.Ir/c1-23(2)18-24-10-12-25(13-11-24)26-14-16-27(17-15-26)31-21-34(40-22-33(31)36(37,38)39)29-19-28-8-6-7-9-30(28)32(20-29)35(3,4)5;1-5-10(6-2)12(14)9-13(15)11(7-3)8-4;/h6-17,20-23H,18H2,1-5H3;9-11,14H,5-8H2,1-4H3;/q-1;;/b;12-9-;. The number of aliphatic hydroxyl groups excluding tert-OH is 1. The average Bonchev–Trinajstić information content (AvgIpc) is 3.15. The first-order chi connectivity index (χ1) is 26.0. The molecule has 0 saturated carbocycles. The monoisotopic (exact) mass is 941 g/mol. The van der Waals surface area contributed by atoms with Gasteiger partial charge in [-0.25, -0.2) is 0 Å². The van der Waals surface area contributed by atoms with E-state index in [9.17, 15) is 23.1 Å². The second kappa shape index (κ2) is 20.4. The average molecular weight is 941 g/mol. The number of benzene rings is 4. The zero-order valence-electron chi connectivity index (χ0n) is 34.3. The molecule has 1 aromatic heterocycles. The summed E-state index contributed by atoms with van der Waals surface area (Å²) in [5, 5.41) is 11.8. The summed E-state index contributed by atoms with van der Waals surface area (Å²) in [6, 6.07) is 30.6. The molecule has 4 aromatic carbocycles. The number of nitrogens with zero attached hydrogens (tertiary/aromatic N) is 1. The van der Waals surface area contributed by atoms with Crippen molar-refractivity contribution in [2.75, 3.05) is 0 Å². The van der Waals surface area contributed by atoms with Crippen LogP contribution in [0.15, 0.2) is 103 Å². The Balaban J connectivity index is 0.000000448. The number of rotatable bonds is 12. The van der Waals surface area contributed by atoms with E-state index in [-0.39, 0.29) is 54.5 Å². The number of halogens is 3. The summed E-state index contributed by atoms with van der Waals surface area (Å²) in [7, 11) is 0. The van der Waals surface area contributed by atoms with Gasteiger partial charge in [0, 0.05) is 49.9 Å². The van der Waals surface area contributed by atoms with Crippen LogP contribution in [-0.2, 0) is 42.9 Å². The van der Waals surface area contributed by atoms with Crippen molar-refractivity contribution in [3.05, 3.63) is 126 Å². The number of alkyl halides is 3. The van der Waals surface area contributed by atoms with Crippen LogP contribution in [-0.4, -0.2) is 15.9 Å². The van der Waals surface area contributed by atoms with Crippen LogP contribution in [0, 0.1) is 23.8 Å². The molecule has 5 aromatic rings. The minimum atomic E-state index is -4.53. The van der Waals surface area contributed by atoms with Gasteiger partial charge in [0.25, 0.3) is 0 Å². The second-order valence-corrected chi connectivity index (χ2v) is 15.9. The molecule has 1 heterocycles. The minimum absolute atomic E-state index is 0. The molecular formula is C49H57F3IrNO2-. The smallest absolute Gasteiger partial charge is 0.418 e. The van der Waals surface area contributed by atoms with E-state index in [0.29, 0.717) is 22.7 Å². The zero-order chi connectivity index (χ0) is 40.5. The van der Waals surface area contributed by atoms with Gasteiger partial charge in [0.05, 0.1) is 11.3 Å². The van der Waals surface area contributed by atoms with E-state index in [1.54, 1.807) is 18.2 Å². The summed E-state index contributed by atoms with van der Waals surface area (Å²) in [5.41, 5.74) is 5.19. The number of hydrogen-bond acceptors (Lipinski definition) is 3. The third-order valence-electron chi connectivity index (χ3n) is 10.3. The number of aliphatic hydroxyl groups is 1. The van der Waals surface area contributed by atoms with Crippen molar-refractivity contribution in [3.63, 3.8) is 0 Å². The van der Waals surface area contributed by atoms with Gasteiger partial charge in [0.2, 0.25) is 0 Å². The van der Waals surface area contributed by atoms with Gasteiger partial charge < -0.3 is 5.11 Å². The van der Waals surface area contributed by atoms with Crippen molar-refractivity contribution in [1.82, 2.24) is 4.98 Å². The van der Waals surface area contributed by atoms with Crippen LogP contribution in [0.2, 0.25) is 0 Å². The van der Waals surface area contributed by atoms with E-state index in [4.69, 9.17) is 0 Å². The SMILES string of the molecule is CC(C)Cc1ccc(-c2ccc(-c3cc(-c4[c-]c5ccccc5c(C(C)(C)C)c4)ncc3C(F)(F)F)cc2)cc1.CCC(CC)C(=O)/C=C(\O)C(CC)CC.[Ir]. The first-order valence-electron chi connectivity index (χ1n) is 19.7. The van der Waals surface area contributed by atoms with Gasteiger partial charge in [-0.05, 0) is 71.3 Å². The molecule has 56 heavy (non-hydrogen) atoms. The Labute approximate surface area is 346 Å². The molecule has 301 valence electrons. The summed E-state index contributed by atoms with van der Waals surface area (Å²) in [6.45, 7) is 18.8. The molecule has 0 unspecified atom stereocenters. The van der Waals surface area contributed by atoms with Crippen molar-refractivity contribution in [1.29, 1.82) is 0 Å². The molecular weight excluding hydrogens is 884 g/mol. The minimum Gasteiger partial charge on any atom is -0.512 e. The van der Waals surface area contributed by atoms with Crippen LogP contribution in [0.3, 0.4) is 0 Å². The van der Waals surface area contributed by atoms with Crippen molar-refractivity contribution < 1.29 is 43.2 Å². The topological polar surface area (TPSA) is 50.2 Å². The third-order valence-corrected chi connectivity index (χ3v) is 10.3. The molecule has 1 N–H and O–H groups in total. The molecule has 0 amide bonds. The molecule has 3 nitrogen and oxygen atoms in total. The molecule has 0 spiro atoms. The molecule has 0 saturated heterocycles. The summed E-state index contributed by atoms with van der Waals surface area (Å²) >= 11 is 0. The summed E-state index contributed by atoms with van der Waals surface area (Å²) < 4.78 is 42.4. The van der Waals surface area contributed by atoms with Crippen molar-refractivity contribution in [2.24, 2.45) is 17.8 Å². The first-order valence-corrected chi connectivity index (χ1v) is 19.7. The molecule has 7 heteroatoms. The van der Waals surface area contributed by atoms with Crippen LogP contribution in [0.4, 0.5) is 13.2 Å². The van der Waals surface area contributed by atoms with E-state index in [1.165, 1.54) is 11.6 Å². The summed E-state index contributed by atoms with van der Waals surface area (Å²) in [5.74, 6) is 1.12. The Hall–Kier alpha value is -4.06. The Morgan fingerprint density at radius 2 is 1.30 bits per heavy atom. The molecule has 0 aliphatic heterocycles. The number of carbonyl (C=O) groups is 1. The normalized spacial score (nSPS) is 12.2. The summed E-state index contributed by atoms with van der Waals surface area (Å²) in [6.07, 6.45) is 2.33. The van der Waals surface area contributed by atoms with Crippen LogP contribution < -0.4 is 0 Å². The molecule has 0 fully saturated rings. The van der Waals surface area contributed by atoms with E-state index >= 15 is 0 Å². The van der Waals surface area contributed by atoms with Crippen molar-refractivity contribution in [2.45, 2.75) is 106 Å². The number of hydrogen-bond donors (Lipinski definition) is 1. The van der Waals surface area contributed by atoms with Gasteiger partial charge in [0.1, 0.15) is 0 Å². The third kappa shape index (κ3) is 12.0. The fourth-order valence-corrected chi connectivity index (χ4v) is 6.98. The number of aromatic nitrogens is 1. The number of ketones is 1. The van der Waals surface area contributed by atoms with Gasteiger partial charge in [-0.3, -0.25) is 9.78 Å². The predicted octanol–water partition coefficient (Wildman–Crippen LogP) is 14.4. The zero-order valence-corrected chi connectivity index (χ0v) is 36.7. The van der Waals surface area contributed by atoms with Crippen LogP contribution in [0.5, 0.6) is 0 Å². The maximum absolute atomic E-state index is 14.1. The number of fused-ring (bicyclic) bond motifs is 1. The quantitative estimate of drug-likeness (QED) is 0.0770. The van der Waals surface area contributed by atoms with Gasteiger partial charge >= 0.3 is 6.18 Å². The number of pyridine rings is 1. The number of carbonyl (C=O) groups excluding carboxylic acids is 1. The predicted molar refractivity (Wildman–Crippen MR) is 223 cm³/mol. The molecule has 0 aliphatic rings. The molecule has 0 atom stereocenters. The van der Waals surface area contributed by atoms with Crippen LogP contribution in [0.1, 0.15) is 105 Å². The van der Waals surface area contributed by atoms with Crippen LogP contribution in [0.25, 0.3) is 44.3 Å². The molecule has 5 rings (SSSR count). The van der Waals surface area contributed by atoms with Crippen molar-refractivity contribution in [3.8, 4) is 33.5 Å². The van der Waals surface area contributed by atoms with Gasteiger partial charge in [0.15, 0.2) is 5.78 Å². The van der Waals surface area contributed by atoms with Crippen molar-refractivity contribution >= 4 is 16.6 Å². The Kier molecular flexibility index (Phi) is 16.9. The fourth-order valence-electron chi connectivity index (χ4n) is 6.98. The Morgan fingerprint density at radius 1 is 0.768 bits per heavy atom. The largest absolute Gasteiger partial charge is 0.512 e. The Bertz CT molecular complexity index is 2050. The van der Waals surface area contributed by atoms with E-state index in [1.807, 2.05) is 64.1 Å². The first kappa shape index (κ1) is 46.3. The van der Waals surface area contributed by atoms with E-state index in [2.05, 4.69) is 76.0 Å². The maximum atomic E-state index is 14.1. The van der Waals surface area contributed by atoms with E-state index < -0.39 is 11.7 Å². The summed E-state index contributed by atoms with van der Waals surface area (Å²) in [4.78, 5) is 16.0. The van der Waals surface area contributed by atoms with Gasteiger partial charge in [-0.2, -0.15) is 13.2 Å². The van der Waals surface area contributed by atoms with E-state index in [0.717, 1.165) is 65.8 Å². The molecule has 0 bridgehead atoms. The fraction of sp³-hybridized carbons (Fsp3) is 0.388. The number of allylic oxidation sites excluding steroid dienone is 2. The molecule has 1 radical (unpaired) electrons. The van der Waals surface area contributed by atoms with Crippen LogP contribution >= 0.6 is 0 Å². The Morgan fingerprint density at radius 3 is 1.82 bits per heavy atom. The maximum Gasteiger partial charge on any atom is 0.418 e. The van der Waals surface area contributed by atoms with Gasteiger partial charge in [-0.15, -0.1) is 29.1 Å². The van der Waals surface area contributed by atoms with Gasteiger partial charge in [-0.1, -0.05) is 146 Å².